The van der Waals surface area contributed by atoms with E-state index in [1.165, 1.54) is 22.3 Å². The van der Waals surface area contributed by atoms with Gasteiger partial charge in [0.25, 0.3) is 0 Å². The summed E-state index contributed by atoms with van der Waals surface area (Å²) in [7, 11) is 0. The Bertz CT molecular complexity index is 1150. The molecule has 156 valence electrons. The first-order valence-corrected chi connectivity index (χ1v) is 10.9. The fourth-order valence-electron chi connectivity index (χ4n) is 3.85. The summed E-state index contributed by atoms with van der Waals surface area (Å²) in [6, 6.07) is 38.3. The normalized spacial score (nSPS) is 11.5. The van der Waals surface area contributed by atoms with E-state index in [0.29, 0.717) is 0 Å². The predicted molar refractivity (Wildman–Crippen MR) is 139 cm³/mol. The SMILES string of the molecule is C=C/C=C(\C=C/C)N(c1cccc(-c2ccccc2)c1)c1cccc(-c2ccccc2)c1. The molecule has 0 spiro atoms. The molecule has 0 unspecified atom stereocenters. The van der Waals surface area contributed by atoms with Crippen LogP contribution in [0.25, 0.3) is 22.3 Å². The molecule has 0 radical (unpaired) electrons. The topological polar surface area (TPSA) is 3.24 Å². The summed E-state index contributed by atoms with van der Waals surface area (Å²) in [5, 5.41) is 0. The van der Waals surface area contributed by atoms with Crippen molar-refractivity contribution in [1.82, 2.24) is 0 Å². The van der Waals surface area contributed by atoms with Crippen molar-refractivity contribution >= 4 is 11.4 Å². The number of benzene rings is 4. The Balaban J connectivity index is 1.86. The maximum atomic E-state index is 3.95. The Morgan fingerprint density at radius 2 is 1.09 bits per heavy atom. The van der Waals surface area contributed by atoms with Crippen LogP contribution in [-0.2, 0) is 0 Å². The molecule has 0 amide bonds. The molecule has 32 heavy (non-hydrogen) atoms. The van der Waals surface area contributed by atoms with Crippen molar-refractivity contribution in [1.29, 1.82) is 0 Å². The summed E-state index contributed by atoms with van der Waals surface area (Å²) in [5.74, 6) is 0. The maximum absolute atomic E-state index is 3.95. The molecule has 4 aromatic rings. The number of rotatable bonds is 7. The van der Waals surface area contributed by atoms with Gasteiger partial charge in [-0.2, -0.15) is 0 Å². The fraction of sp³-hybridized carbons (Fsp3) is 0.0323. The zero-order valence-corrected chi connectivity index (χ0v) is 18.4. The van der Waals surface area contributed by atoms with Gasteiger partial charge in [0, 0.05) is 17.1 Å². The highest BCUT2D eigenvalue weighted by atomic mass is 15.1. The predicted octanol–water partition coefficient (Wildman–Crippen LogP) is 8.80. The van der Waals surface area contributed by atoms with Gasteiger partial charge in [0.1, 0.15) is 0 Å². The van der Waals surface area contributed by atoms with Gasteiger partial charge in [0.05, 0.1) is 0 Å². The van der Waals surface area contributed by atoms with Crippen LogP contribution in [0.1, 0.15) is 6.92 Å². The Morgan fingerprint density at radius 3 is 1.53 bits per heavy atom. The third-order valence-electron chi connectivity index (χ3n) is 5.31. The second kappa shape index (κ2) is 10.3. The minimum Gasteiger partial charge on any atom is -0.310 e. The van der Waals surface area contributed by atoms with Crippen molar-refractivity contribution in [3.8, 4) is 22.3 Å². The van der Waals surface area contributed by atoms with Crippen LogP contribution < -0.4 is 4.90 Å². The Hall–Kier alpha value is -4.10. The third kappa shape index (κ3) is 4.79. The maximum Gasteiger partial charge on any atom is 0.0467 e. The summed E-state index contributed by atoms with van der Waals surface area (Å²) in [6.45, 7) is 5.98. The highest BCUT2D eigenvalue weighted by Crippen LogP contribution is 2.35. The molecular weight excluding hydrogens is 386 g/mol. The van der Waals surface area contributed by atoms with Gasteiger partial charge >= 0.3 is 0 Å². The van der Waals surface area contributed by atoms with E-state index in [0.717, 1.165) is 17.1 Å². The first-order chi connectivity index (χ1) is 15.8. The van der Waals surface area contributed by atoms with E-state index in [1.54, 1.807) is 0 Å². The van der Waals surface area contributed by atoms with Crippen LogP contribution >= 0.6 is 0 Å². The molecule has 0 saturated carbocycles. The molecule has 1 nitrogen and oxygen atoms in total. The van der Waals surface area contributed by atoms with E-state index in [4.69, 9.17) is 0 Å². The van der Waals surface area contributed by atoms with E-state index in [1.807, 2.05) is 31.2 Å². The number of anilines is 2. The smallest absolute Gasteiger partial charge is 0.0467 e. The quantitative estimate of drug-likeness (QED) is 0.274. The first kappa shape index (κ1) is 21.1. The van der Waals surface area contributed by atoms with Gasteiger partial charge in [0.2, 0.25) is 0 Å². The second-order valence-electron chi connectivity index (χ2n) is 7.50. The minimum absolute atomic E-state index is 1.05. The van der Waals surface area contributed by atoms with Crippen molar-refractivity contribution in [3.63, 3.8) is 0 Å². The average Bonchev–Trinajstić information content (AvgIpc) is 2.86. The van der Waals surface area contributed by atoms with Crippen LogP contribution in [-0.4, -0.2) is 0 Å². The molecule has 0 aliphatic heterocycles. The molecule has 0 N–H and O–H groups in total. The standard InChI is InChI=1S/C31H27N/c1-3-13-29(14-4-2)32(30-21-11-19-27(23-30)25-15-7-5-8-16-25)31-22-12-20-28(24-31)26-17-9-6-10-18-26/h3-24H,1H2,2H3/b14-4-,29-13+. The van der Waals surface area contributed by atoms with Gasteiger partial charge < -0.3 is 4.90 Å². The molecule has 0 bridgehead atoms. The van der Waals surface area contributed by atoms with Crippen molar-refractivity contribution in [2.75, 3.05) is 4.90 Å². The summed E-state index contributed by atoms with van der Waals surface area (Å²) < 4.78 is 0. The van der Waals surface area contributed by atoms with Gasteiger partial charge in [-0.25, -0.2) is 0 Å². The number of allylic oxidation sites excluding steroid dienone is 4. The van der Waals surface area contributed by atoms with E-state index >= 15 is 0 Å². The Morgan fingerprint density at radius 1 is 0.625 bits per heavy atom. The van der Waals surface area contributed by atoms with Gasteiger partial charge in [-0.1, -0.05) is 104 Å². The lowest BCUT2D eigenvalue weighted by atomic mass is 10.0. The van der Waals surface area contributed by atoms with Crippen LogP contribution in [0.5, 0.6) is 0 Å². The van der Waals surface area contributed by atoms with E-state index < -0.39 is 0 Å². The average molecular weight is 414 g/mol. The van der Waals surface area contributed by atoms with Crippen LogP contribution in [0.3, 0.4) is 0 Å². The zero-order valence-electron chi connectivity index (χ0n) is 18.4. The molecule has 0 heterocycles. The van der Waals surface area contributed by atoms with Gasteiger partial charge in [-0.15, -0.1) is 0 Å². The van der Waals surface area contributed by atoms with Crippen LogP contribution in [0.4, 0.5) is 11.4 Å². The van der Waals surface area contributed by atoms with Crippen LogP contribution in [0, 0.1) is 0 Å². The van der Waals surface area contributed by atoms with E-state index in [2.05, 4.69) is 121 Å². The molecule has 1 heteroatoms. The second-order valence-corrected chi connectivity index (χ2v) is 7.50. The van der Waals surface area contributed by atoms with Crippen LogP contribution in [0.15, 0.2) is 146 Å². The molecule has 0 aromatic heterocycles. The molecule has 0 aliphatic carbocycles. The summed E-state index contributed by atoms with van der Waals surface area (Å²) >= 11 is 0. The highest BCUT2D eigenvalue weighted by Gasteiger charge is 2.14. The van der Waals surface area contributed by atoms with Gasteiger partial charge in [-0.3, -0.25) is 0 Å². The molecular formula is C31H27N. The van der Waals surface area contributed by atoms with Crippen molar-refractivity contribution < 1.29 is 0 Å². The number of hydrogen-bond acceptors (Lipinski definition) is 1. The number of hydrogen-bond donors (Lipinski definition) is 0. The Labute approximate surface area is 191 Å². The molecule has 0 saturated heterocycles. The van der Waals surface area contributed by atoms with Crippen LogP contribution in [0.2, 0.25) is 0 Å². The summed E-state index contributed by atoms with van der Waals surface area (Å²) in [5.41, 5.74) is 8.03. The van der Waals surface area contributed by atoms with Crippen molar-refractivity contribution in [2.45, 2.75) is 6.92 Å². The lowest BCUT2D eigenvalue weighted by Crippen LogP contribution is -2.15. The minimum atomic E-state index is 1.05. The van der Waals surface area contributed by atoms with Gasteiger partial charge in [-0.05, 0) is 65.6 Å². The molecule has 4 rings (SSSR count). The monoisotopic (exact) mass is 413 g/mol. The molecule has 0 fully saturated rings. The number of nitrogens with zero attached hydrogens (tertiary/aromatic N) is 1. The van der Waals surface area contributed by atoms with E-state index in [-0.39, 0.29) is 0 Å². The summed E-state index contributed by atoms with van der Waals surface area (Å²) in [4.78, 5) is 2.28. The molecule has 4 aromatic carbocycles. The first-order valence-electron chi connectivity index (χ1n) is 10.9. The molecule has 0 aliphatic rings. The van der Waals surface area contributed by atoms with Crippen molar-refractivity contribution in [2.24, 2.45) is 0 Å². The largest absolute Gasteiger partial charge is 0.310 e. The van der Waals surface area contributed by atoms with Gasteiger partial charge in [0.15, 0.2) is 0 Å². The third-order valence-corrected chi connectivity index (χ3v) is 5.31. The highest BCUT2D eigenvalue weighted by molar-refractivity contribution is 5.78. The molecule has 0 atom stereocenters. The van der Waals surface area contributed by atoms with Crippen molar-refractivity contribution in [3.05, 3.63) is 146 Å². The fourth-order valence-corrected chi connectivity index (χ4v) is 3.85. The summed E-state index contributed by atoms with van der Waals surface area (Å²) in [6.07, 6.45) is 8.06. The Kier molecular flexibility index (Phi) is 6.79. The lowest BCUT2D eigenvalue weighted by molar-refractivity contribution is 1.21. The lowest BCUT2D eigenvalue weighted by Gasteiger charge is -2.27. The van der Waals surface area contributed by atoms with E-state index in [9.17, 15) is 0 Å². The zero-order chi connectivity index (χ0) is 22.2.